The molecule has 0 bridgehead atoms. The van der Waals surface area contributed by atoms with Gasteiger partial charge in [0.2, 0.25) is 5.91 Å². The first-order valence-corrected chi connectivity index (χ1v) is 5.42. The van der Waals surface area contributed by atoms with E-state index in [0.29, 0.717) is 11.5 Å². The molecule has 0 aliphatic carbocycles. The molecule has 0 unspecified atom stereocenters. The Morgan fingerprint density at radius 2 is 1.76 bits per heavy atom. The lowest BCUT2D eigenvalue weighted by Crippen LogP contribution is -2.37. The van der Waals surface area contributed by atoms with Gasteiger partial charge in [-0.25, -0.2) is 0 Å². The average Bonchev–Trinajstić information content (AvgIpc) is 2.36. The summed E-state index contributed by atoms with van der Waals surface area (Å²) in [5, 5.41) is 2.66. The zero-order valence-corrected chi connectivity index (χ0v) is 11.0. The van der Waals surface area contributed by atoms with Gasteiger partial charge in [0.1, 0.15) is 0 Å². The first-order chi connectivity index (χ1) is 7.97. The van der Waals surface area contributed by atoms with E-state index in [1.54, 1.807) is 27.3 Å². The van der Waals surface area contributed by atoms with Crippen LogP contribution >= 0.6 is 0 Å². The van der Waals surface area contributed by atoms with Crippen LogP contribution < -0.4 is 14.8 Å². The van der Waals surface area contributed by atoms with E-state index >= 15 is 0 Å². The zero-order valence-electron chi connectivity index (χ0n) is 11.0. The number of ether oxygens (including phenoxy) is 2. The van der Waals surface area contributed by atoms with Gasteiger partial charge < -0.3 is 14.8 Å². The molecule has 1 aromatic rings. The third-order valence-corrected chi connectivity index (χ3v) is 2.90. The molecule has 0 aliphatic rings. The number of benzene rings is 1. The fraction of sp³-hybridized carbons (Fsp3) is 0.462. The van der Waals surface area contributed by atoms with E-state index in [1.807, 2.05) is 26.0 Å². The molecule has 0 heterocycles. The second-order valence-corrected chi connectivity index (χ2v) is 4.27. The minimum Gasteiger partial charge on any atom is -0.493 e. The predicted octanol–water partition coefficient (Wildman–Crippen LogP) is 1.73. The molecule has 0 aliphatic heterocycles. The van der Waals surface area contributed by atoms with Gasteiger partial charge in [0, 0.05) is 7.05 Å². The van der Waals surface area contributed by atoms with Gasteiger partial charge in [-0.15, -0.1) is 0 Å². The molecule has 0 radical (unpaired) electrons. The first-order valence-electron chi connectivity index (χ1n) is 5.42. The molecule has 0 aromatic heterocycles. The Bertz CT molecular complexity index is 413. The molecule has 0 saturated heterocycles. The minimum atomic E-state index is -0.603. The Labute approximate surface area is 102 Å². The van der Waals surface area contributed by atoms with Crippen LogP contribution in [0.4, 0.5) is 0 Å². The largest absolute Gasteiger partial charge is 0.493 e. The molecule has 4 nitrogen and oxygen atoms in total. The van der Waals surface area contributed by atoms with E-state index in [-0.39, 0.29) is 5.91 Å². The number of hydrogen-bond acceptors (Lipinski definition) is 3. The summed E-state index contributed by atoms with van der Waals surface area (Å²) < 4.78 is 10.4. The van der Waals surface area contributed by atoms with E-state index in [2.05, 4.69) is 5.32 Å². The van der Waals surface area contributed by atoms with Crippen molar-refractivity contribution in [2.45, 2.75) is 19.3 Å². The van der Waals surface area contributed by atoms with Crippen molar-refractivity contribution >= 4 is 5.91 Å². The van der Waals surface area contributed by atoms with Gasteiger partial charge in [-0.1, -0.05) is 6.07 Å². The van der Waals surface area contributed by atoms with Crippen LogP contribution in [0.25, 0.3) is 0 Å². The van der Waals surface area contributed by atoms with Crippen LogP contribution in [0.3, 0.4) is 0 Å². The lowest BCUT2D eigenvalue weighted by Gasteiger charge is -2.24. The van der Waals surface area contributed by atoms with Crippen LogP contribution in [0, 0.1) is 0 Å². The molecule has 0 spiro atoms. The average molecular weight is 237 g/mol. The molecule has 17 heavy (non-hydrogen) atoms. The van der Waals surface area contributed by atoms with Gasteiger partial charge in [0.05, 0.1) is 19.6 Å². The van der Waals surface area contributed by atoms with Gasteiger partial charge in [0.25, 0.3) is 0 Å². The maximum Gasteiger partial charge on any atom is 0.229 e. The third-order valence-electron chi connectivity index (χ3n) is 2.90. The number of hydrogen-bond donors (Lipinski definition) is 1. The van der Waals surface area contributed by atoms with E-state index in [0.717, 1.165) is 5.56 Å². The summed E-state index contributed by atoms with van der Waals surface area (Å²) in [5.74, 6) is 1.25. The molecular formula is C13H19NO3. The van der Waals surface area contributed by atoms with Gasteiger partial charge in [-0.3, -0.25) is 4.79 Å². The van der Waals surface area contributed by atoms with Gasteiger partial charge >= 0.3 is 0 Å². The second kappa shape index (κ2) is 5.08. The van der Waals surface area contributed by atoms with E-state index < -0.39 is 5.41 Å². The molecule has 0 saturated carbocycles. The number of carbonyl (C=O) groups is 1. The van der Waals surface area contributed by atoms with Gasteiger partial charge in [0.15, 0.2) is 11.5 Å². The highest BCUT2D eigenvalue weighted by atomic mass is 16.5. The number of methoxy groups -OCH3 is 2. The standard InChI is InChI=1S/C13H19NO3/c1-13(2,12(15)14-3)9-6-7-10(16-4)11(8-9)17-5/h6-8H,1-5H3,(H,14,15). The highest BCUT2D eigenvalue weighted by Crippen LogP contribution is 2.33. The molecule has 1 N–H and O–H groups in total. The van der Waals surface area contributed by atoms with Crippen LogP contribution in [0.15, 0.2) is 18.2 Å². The minimum absolute atomic E-state index is 0.0373. The highest BCUT2D eigenvalue weighted by Gasteiger charge is 2.29. The SMILES string of the molecule is CNC(=O)C(C)(C)c1ccc(OC)c(OC)c1. The number of rotatable bonds is 4. The number of carbonyl (C=O) groups excluding carboxylic acids is 1. The topological polar surface area (TPSA) is 47.6 Å². The van der Waals surface area contributed by atoms with Gasteiger partial charge in [-0.05, 0) is 31.5 Å². The number of likely N-dealkylation sites (N-methyl/N-ethyl adjacent to an activating group) is 1. The summed E-state index contributed by atoms with van der Waals surface area (Å²) in [4.78, 5) is 11.8. The molecule has 0 atom stereocenters. The molecule has 1 amide bonds. The lowest BCUT2D eigenvalue weighted by atomic mass is 9.83. The zero-order chi connectivity index (χ0) is 13.1. The van der Waals surface area contributed by atoms with Crippen LogP contribution in [0.2, 0.25) is 0 Å². The van der Waals surface area contributed by atoms with Crippen molar-refractivity contribution < 1.29 is 14.3 Å². The summed E-state index contributed by atoms with van der Waals surface area (Å²) in [6.07, 6.45) is 0. The fourth-order valence-corrected chi connectivity index (χ4v) is 1.67. The monoisotopic (exact) mass is 237 g/mol. The van der Waals surface area contributed by atoms with Crippen molar-refractivity contribution in [3.63, 3.8) is 0 Å². The van der Waals surface area contributed by atoms with E-state index in [4.69, 9.17) is 9.47 Å². The summed E-state index contributed by atoms with van der Waals surface area (Å²) in [5.41, 5.74) is 0.281. The maximum absolute atomic E-state index is 11.8. The molecule has 1 aromatic carbocycles. The lowest BCUT2D eigenvalue weighted by molar-refractivity contribution is -0.125. The molecule has 94 valence electrons. The Balaban J connectivity index is 3.19. The first kappa shape index (κ1) is 13.4. The number of nitrogens with one attached hydrogen (secondary N) is 1. The molecule has 0 fully saturated rings. The summed E-state index contributed by atoms with van der Waals surface area (Å²) >= 11 is 0. The number of amides is 1. The van der Waals surface area contributed by atoms with Crippen LogP contribution in [0.1, 0.15) is 19.4 Å². The van der Waals surface area contributed by atoms with Gasteiger partial charge in [-0.2, -0.15) is 0 Å². The molecule has 4 heteroatoms. The summed E-state index contributed by atoms with van der Waals surface area (Å²) in [7, 11) is 4.79. The van der Waals surface area contributed by atoms with Crippen LogP contribution in [0.5, 0.6) is 11.5 Å². The van der Waals surface area contributed by atoms with Crippen molar-refractivity contribution in [3.8, 4) is 11.5 Å². The van der Waals surface area contributed by atoms with Crippen molar-refractivity contribution in [1.82, 2.24) is 5.32 Å². The maximum atomic E-state index is 11.8. The van der Waals surface area contributed by atoms with E-state index in [9.17, 15) is 4.79 Å². The predicted molar refractivity (Wildman–Crippen MR) is 66.6 cm³/mol. The Hall–Kier alpha value is -1.71. The van der Waals surface area contributed by atoms with Crippen molar-refractivity contribution in [2.24, 2.45) is 0 Å². The molecule has 1 rings (SSSR count). The summed E-state index contributed by atoms with van der Waals surface area (Å²) in [6, 6.07) is 5.50. The van der Waals surface area contributed by atoms with E-state index in [1.165, 1.54) is 0 Å². The molecular weight excluding hydrogens is 218 g/mol. The normalized spacial score (nSPS) is 10.9. The van der Waals surface area contributed by atoms with Crippen molar-refractivity contribution in [3.05, 3.63) is 23.8 Å². The quantitative estimate of drug-likeness (QED) is 0.867. The Kier molecular flexibility index (Phi) is 3.99. The highest BCUT2D eigenvalue weighted by molar-refractivity contribution is 5.87. The summed E-state index contributed by atoms with van der Waals surface area (Å²) in [6.45, 7) is 3.74. The smallest absolute Gasteiger partial charge is 0.229 e. The van der Waals surface area contributed by atoms with Crippen LogP contribution in [-0.2, 0) is 10.2 Å². The fourth-order valence-electron chi connectivity index (χ4n) is 1.67. The van der Waals surface area contributed by atoms with Crippen molar-refractivity contribution in [2.75, 3.05) is 21.3 Å². The second-order valence-electron chi connectivity index (χ2n) is 4.27. The Morgan fingerprint density at radius 1 is 1.18 bits per heavy atom. The third kappa shape index (κ3) is 2.52. The van der Waals surface area contributed by atoms with Crippen molar-refractivity contribution in [1.29, 1.82) is 0 Å². The van der Waals surface area contributed by atoms with Crippen LogP contribution in [-0.4, -0.2) is 27.2 Å². The Morgan fingerprint density at radius 3 is 2.24 bits per heavy atom.